The molecule has 0 radical (unpaired) electrons. The van der Waals surface area contributed by atoms with E-state index in [9.17, 15) is 4.79 Å². The van der Waals surface area contributed by atoms with Gasteiger partial charge >= 0.3 is 0 Å². The van der Waals surface area contributed by atoms with Crippen LogP contribution in [-0.2, 0) is 5.41 Å². The van der Waals surface area contributed by atoms with E-state index in [1.807, 2.05) is 13.0 Å². The van der Waals surface area contributed by atoms with Crippen LogP contribution in [0, 0.1) is 6.92 Å². The molecule has 2 aromatic rings. The van der Waals surface area contributed by atoms with Crippen molar-refractivity contribution in [3.8, 4) is 0 Å². The number of pyridine rings is 1. The molecule has 0 saturated carbocycles. The molecule has 1 amide bonds. The van der Waals surface area contributed by atoms with Crippen LogP contribution in [0.1, 0.15) is 42.5 Å². The summed E-state index contributed by atoms with van der Waals surface area (Å²) in [5.74, 6) is 0.349. The lowest BCUT2D eigenvalue weighted by atomic mass is 9.92. The molecule has 0 unspecified atom stereocenters. The second-order valence-electron chi connectivity index (χ2n) is 5.56. The number of hydrogen-bond donors (Lipinski definition) is 2. The predicted molar refractivity (Wildman–Crippen MR) is 74.2 cm³/mol. The van der Waals surface area contributed by atoms with Gasteiger partial charge in [-0.15, -0.1) is 0 Å². The first-order valence-electron chi connectivity index (χ1n) is 6.16. The minimum absolute atomic E-state index is 0.0246. The predicted octanol–water partition coefficient (Wildman–Crippen LogP) is 2.66. The van der Waals surface area contributed by atoms with Crippen LogP contribution in [0.2, 0.25) is 0 Å². The number of nitrogens with one attached hydrogen (secondary N) is 2. The highest BCUT2D eigenvalue weighted by Crippen LogP contribution is 2.22. The number of carbonyl (C=O) groups excluding carboxylic acids is 1. The zero-order valence-electron chi connectivity index (χ0n) is 11.6. The molecular weight excluding hydrogens is 240 g/mol. The third kappa shape index (κ3) is 3.19. The Morgan fingerprint density at radius 2 is 2.05 bits per heavy atom. The van der Waals surface area contributed by atoms with Gasteiger partial charge in [-0.2, -0.15) is 5.10 Å². The summed E-state index contributed by atoms with van der Waals surface area (Å²) >= 11 is 0. The maximum atomic E-state index is 12.0. The van der Waals surface area contributed by atoms with E-state index in [1.54, 1.807) is 18.3 Å². The number of aromatic amines is 1. The van der Waals surface area contributed by atoms with Crippen LogP contribution in [0.3, 0.4) is 0 Å². The van der Waals surface area contributed by atoms with Gasteiger partial charge in [-0.05, 0) is 19.1 Å². The molecule has 0 atom stereocenters. The van der Waals surface area contributed by atoms with E-state index in [2.05, 4.69) is 41.3 Å². The zero-order chi connectivity index (χ0) is 14.0. The second-order valence-corrected chi connectivity index (χ2v) is 5.56. The van der Waals surface area contributed by atoms with Gasteiger partial charge in [0.2, 0.25) is 0 Å². The topological polar surface area (TPSA) is 70.7 Å². The Hall–Kier alpha value is -2.17. The fraction of sp³-hybridized carbons (Fsp3) is 0.357. The first-order valence-corrected chi connectivity index (χ1v) is 6.16. The van der Waals surface area contributed by atoms with E-state index in [0.717, 1.165) is 11.4 Å². The van der Waals surface area contributed by atoms with E-state index in [1.165, 1.54) is 0 Å². The maximum Gasteiger partial charge on any atom is 0.256 e. The SMILES string of the molecule is Cc1cc(C(=O)Nc2cc(C(C)(C)C)[nH]n2)ccn1. The standard InChI is InChI=1S/C14H18N4O/c1-9-7-10(5-6-15-9)13(19)16-12-8-11(17-18-12)14(2,3)4/h5-8H,1-4H3,(H2,16,17,18,19). The number of amides is 1. The summed E-state index contributed by atoms with van der Waals surface area (Å²) in [6, 6.07) is 5.28. The van der Waals surface area contributed by atoms with Crippen molar-refractivity contribution in [2.75, 3.05) is 5.32 Å². The Labute approximate surface area is 112 Å². The van der Waals surface area contributed by atoms with E-state index in [0.29, 0.717) is 11.4 Å². The fourth-order valence-corrected chi connectivity index (χ4v) is 1.65. The van der Waals surface area contributed by atoms with Gasteiger partial charge in [0.15, 0.2) is 5.82 Å². The van der Waals surface area contributed by atoms with Crippen molar-refractivity contribution < 1.29 is 4.79 Å². The number of H-pyrrole nitrogens is 1. The monoisotopic (exact) mass is 258 g/mol. The van der Waals surface area contributed by atoms with Crippen LogP contribution in [-0.4, -0.2) is 21.1 Å². The lowest BCUT2D eigenvalue weighted by Gasteiger charge is -2.14. The molecule has 0 aromatic carbocycles. The van der Waals surface area contributed by atoms with Gasteiger partial charge in [-0.3, -0.25) is 14.9 Å². The Bertz CT molecular complexity index is 595. The molecule has 2 rings (SSSR count). The number of aryl methyl sites for hydroxylation is 1. The van der Waals surface area contributed by atoms with Crippen LogP contribution in [0.4, 0.5) is 5.82 Å². The summed E-state index contributed by atoms with van der Waals surface area (Å²) in [4.78, 5) is 16.1. The molecule has 5 nitrogen and oxygen atoms in total. The van der Waals surface area contributed by atoms with E-state index >= 15 is 0 Å². The van der Waals surface area contributed by atoms with Gasteiger partial charge in [0.1, 0.15) is 0 Å². The molecule has 0 bridgehead atoms. The molecule has 0 saturated heterocycles. The highest BCUT2D eigenvalue weighted by Gasteiger charge is 2.17. The molecular formula is C14H18N4O. The summed E-state index contributed by atoms with van der Waals surface area (Å²) < 4.78 is 0. The van der Waals surface area contributed by atoms with Crippen molar-refractivity contribution in [1.82, 2.24) is 15.2 Å². The van der Waals surface area contributed by atoms with Crippen molar-refractivity contribution in [1.29, 1.82) is 0 Å². The highest BCUT2D eigenvalue weighted by molar-refractivity contribution is 6.03. The number of rotatable bonds is 2. The van der Waals surface area contributed by atoms with E-state index in [-0.39, 0.29) is 11.3 Å². The van der Waals surface area contributed by atoms with Crippen LogP contribution in [0.15, 0.2) is 24.4 Å². The van der Waals surface area contributed by atoms with Crippen molar-refractivity contribution in [3.05, 3.63) is 41.3 Å². The zero-order valence-corrected chi connectivity index (χ0v) is 11.6. The summed E-state index contributed by atoms with van der Waals surface area (Å²) in [6.45, 7) is 8.10. The van der Waals surface area contributed by atoms with Gasteiger partial charge in [-0.1, -0.05) is 20.8 Å². The third-order valence-corrected chi connectivity index (χ3v) is 2.79. The Kier molecular flexibility index (Phi) is 3.38. The van der Waals surface area contributed by atoms with Gasteiger partial charge in [-0.25, -0.2) is 0 Å². The second kappa shape index (κ2) is 4.84. The molecule has 2 heterocycles. The van der Waals surface area contributed by atoms with Crippen LogP contribution < -0.4 is 5.32 Å². The quantitative estimate of drug-likeness (QED) is 0.870. The highest BCUT2D eigenvalue weighted by atomic mass is 16.1. The summed E-state index contributed by atoms with van der Waals surface area (Å²) in [6.07, 6.45) is 1.62. The number of nitrogens with zero attached hydrogens (tertiary/aromatic N) is 2. The largest absolute Gasteiger partial charge is 0.305 e. The minimum atomic E-state index is -0.183. The van der Waals surface area contributed by atoms with Crippen LogP contribution in [0.25, 0.3) is 0 Å². The smallest absolute Gasteiger partial charge is 0.256 e. The molecule has 0 aliphatic heterocycles. The lowest BCUT2D eigenvalue weighted by Crippen LogP contribution is -2.13. The summed E-state index contributed by atoms with van der Waals surface area (Å²) in [7, 11) is 0. The molecule has 0 spiro atoms. The average molecular weight is 258 g/mol. The molecule has 0 aliphatic carbocycles. The Morgan fingerprint density at radius 1 is 1.32 bits per heavy atom. The van der Waals surface area contributed by atoms with Crippen molar-refractivity contribution >= 4 is 11.7 Å². The number of hydrogen-bond acceptors (Lipinski definition) is 3. The van der Waals surface area contributed by atoms with Crippen molar-refractivity contribution in [2.45, 2.75) is 33.1 Å². The van der Waals surface area contributed by atoms with Crippen LogP contribution >= 0.6 is 0 Å². The normalized spacial score (nSPS) is 11.4. The summed E-state index contributed by atoms with van der Waals surface area (Å²) in [5, 5.41) is 9.80. The minimum Gasteiger partial charge on any atom is -0.305 e. The van der Waals surface area contributed by atoms with Crippen molar-refractivity contribution in [2.24, 2.45) is 0 Å². The maximum absolute atomic E-state index is 12.0. The third-order valence-electron chi connectivity index (χ3n) is 2.79. The molecule has 100 valence electrons. The molecule has 2 N–H and O–H groups in total. The average Bonchev–Trinajstić information content (AvgIpc) is 2.77. The van der Waals surface area contributed by atoms with Gasteiger partial charge < -0.3 is 5.32 Å². The molecule has 19 heavy (non-hydrogen) atoms. The Morgan fingerprint density at radius 3 is 2.63 bits per heavy atom. The van der Waals surface area contributed by atoms with Gasteiger partial charge in [0.25, 0.3) is 5.91 Å². The van der Waals surface area contributed by atoms with E-state index in [4.69, 9.17) is 0 Å². The van der Waals surface area contributed by atoms with Gasteiger partial charge in [0.05, 0.1) is 0 Å². The molecule has 0 fully saturated rings. The number of aromatic nitrogens is 3. The van der Waals surface area contributed by atoms with E-state index < -0.39 is 0 Å². The molecule has 5 heteroatoms. The summed E-state index contributed by atoms with van der Waals surface area (Å²) in [5.41, 5.74) is 2.34. The molecule has 0 aliphatic rings. The number of carbonyl (C=O) groups is 1. The first-order chi connectivity index (χ1) is 8.86. The first kappa shape index (κ1) is 13.3. The number of anilines is 1. The van der Waals surface area contributed by atoms with Crippen molar-refractivity contribution in [3.63, 3.8) is 0 Å². The fourth-order valence-electron chi connectivity index (χ4n) is 1.65. The van der Waals surface area contributed by atoms with Gasteiger partial charge in [0, 0.05) is 34.6 Å². The lowest BCUT2D eigenvalue weighted by molar-refractivity contribution is 0.102. The Balaban J connectivity index is 2.13. The van der Waals surface area contributed by atoms with Crippen LogP contribution in [0.5, 0.6) is 0 Å². The molecule has 2 aromatic heterocycles.